The first-order valence-electron chi connectivity index (χ1n) is 10.7. The van der Waals surface area contributed by atoms with Crippen molar-refractivity contribution >= 4 is 16.8 Å². The van der Waals surface area contributed by atoms with Gasteiger partial charge in [0.2, 0.25) is 0 Å². The standard InChI is InChI=1S/C26H25N3O3/c30-17-8-7-16-29-24(25(31)28-18-19-10-3-1-4-11-19)22(20-12-5-2-6-13-20)21-14-9-15-27-23(21)26(29)32/h1-6,9-15,30H,7-8,16-18H2,(H,28,31). The molecule has 0 aliphatic carbocycles. The van der Waals surface area contributed by atoms with Gasteiger partial charge in [-0.15, -0.1) is 0 Å². The third-order valence-corrected chi connectivity index (χ3v) is 5.39. The molecule has 0 atom stereocenters. The largest absolute Gasteiger partial charge is 0.396 e. The predicted octanol–water partition coefficient (Wildman–Crippen LogP) is 3.77. The molecule has 0 aliphatic heterocycles. The van der Waals surface area contributed by atoms with Crippen LogP contribution in [0.5, 0.6) is 0 Å². The van der Waals surface area contributed by atoms with Gasteiger partial charge in [0.05, 0.1) is 0 Å². The molecule has 1 amide bonds. The number of aromatic nitrogens is 2. The maximum Gasteiger partial charge on any atom is 0.277 e. The van der Waals surface area contributed by atoms with Gasteiger partial charge in [-0.25, -0.2) is 0 Å². The van der Waals surface area contributed by atoms with Gasteiger partial charge in [-0.1, -0.05) is 66.7 Å². The molecule has 0 bridgehead atoms. The second kappa shape index (κ2) is 10.0. The lowest BCUT2D eigenvalue weighted by Crippen LogP contribution is -2.33. The molecule has 2 N–H and O–H groups in total. The van der Waals surface area contributed by atoms with Gasteiger partial charge in [0, 0.05) is 36.8 Å². The number of carbonyl (C=O) groups is 1. The van der Waals surface area contributed by atoms with Gasteiger partial charge in [0.15, 0.2) is 0 Å². The summed E-state index contributed by atoms with van der Waals surface area (Å²) in [6.45, 7) is 0.700. The summed E-state index contributed by atoms with van der Waals surface area (Å²) in [5.41, 5.74) is 2.83. The van der Waals surface area contributed by atoms with Gasteiger partial charge in [-0.3, -0.25) is 14.6 Å². The molecular weight excluding hydrogens is 402 g/mol. The van der Waals surface area contributed by atoms with Crippen molar-refractivity contribution in [1.82, 2.24) is 14.9 Å². The zero-order valence-electron chi connectivity index (χ0n) is 17.7. The van der Waals surface area contributed by atoms with Crippen LogP contribution in [0.1, 0.15) is 28.9 Å². The highest BCUT2D eigenvalue weighted by Crippen LogP contribution is 2.30. The Hall–Kier alpha value is -3.77. The average Bonchev–Trinajstić information content (AvgIpc) is 2.85. The number of aliphatic hydroxyl groups excluding tert-OH is 1. The molecule has 0 saturated heterocycles. The van der Waals surface area contributed by atoms with Crippen molar-refractivity contribution in [1.29, 1.82) is 0 Å². The van der Waals surface area contributed by atoms with Crippen LogP contribution in [-0.4, -0.2) is 27.2 Å². The molecule has 6 nitrogen and oxygen atoms in total. The van der Waals surface area contributed by atoms with Crippen LogP contribution in [0.4, 0.5) is 0 Å². The summed E-state index contributed by atoms with van der Waals surface area (Å²) in [5, 5.41) is 12.9. The van der Waals surface area contributed by atoms with Gasteiger partial charge in [-0.2, -0.15) is 0 Å². The highest BCUT2D eigenvalue weighted by atomic mass is 16.3. The van der Waals surface area contributed by atoms with Gasteiger partial charge >= 0.3 is 0 Å². The summed E-state index contributed by atoms with van der Waals surface area (Å²) >= 11 is 0. The van der Waals surface area contributed by atoms with Crippen molar-refractivity contribution in [2.24, 2.45) is 0 Å². The number of fused-ring (bicyclic) bond motifs is 1. The molecule has 2 heterocycles. The van der Waals surface area contributed by atoms with Crippen LogP contribution >= 0.6 is 0 Å². The van der Waals surface area contributed by atoms with Crippen LogP contribution in [0.15, 0.2) is 83.8 Å². The molecule has 4 rings (SSSR count). The first-order valence-corrected chi connectivity index (χ1v) is 10.7. The van der Waals surface area contributed by atoms with E-state index in [0.29, 0.717) is 48.1 Å². The Morgan fingerprint density at radius 3 is 2.38 bits per heavy atom. The number of nitrogens with zero attached hydrogens (tertiary/aromatic N) is 2. The molecule has 4 aromatic rings. The number of carbonyl (C=O) groups excluding carboxylic acids is 1. The van der Waals surface area contributed by atoms with Crippen molar-refractivity contribution in [3.05, 3.63) is 101 Å². The molecule has 0 saturated carbocycles. The van der Waals surface area contributed by atoms with Crippen molar-refractivity contribution in [3.63, 3.8) is 0 Å². The van der Waals surface area contributed by atoms with Gasteiger partial charge in [-0.05, 0) is 30.0 Å². The Bertz CT molecular complexity index is 1270. The summed E-state index contributed by atoms with van der Waals surface area (Å²) in [6.07, 6.45) is 2.70. The van der Waals surface area contributed by atoms with Crippen molar-refractivity contribution in [3.8, 4) is 11.1 Å². The molecule has 0 radical (unpaired) electrons. The Morgan fingerprint density at radius 2 is 1.66 bits per heavy atom. The number of hydrogen-bond acceptors (Lipinski definition) is 4. The molecule has 6 heteroatoms. The van der Waals surface area contributed by atoms with Gasteiger partial charge in [0.1, 0.15) is 11.2 Å². The zero-order chi connectivity index (χ0) is 22.3. The SMILES string of the molecule is O=C(NCc1ccccc1)c1c(-c2ccccc2)c2cccnc2c(=O)n1CCCCO. The molecule has 162 valence electrons. The minimum absolute atomic E-state index is 0.0294. The van der Waals surface area contributed by atoms with E-state index in [1.54, 1.807) is 12.3 Å². The monoisotopic (exact) mass is 427 g/mol. The number of pyridine rings is 2. The molecule has 32 heavy (non-hydrogen) atoms. The molecule has 2 aromatic carbocycles. The fourth-order valence-corrected chi connectivity index (χ4v) is 3.86. The fourth-order valence-electron chi connectivity index (χ4n) is 3.86. The number of rotatable bonds is 8. The Morgan fingerprint density at radius 1 is 0.938 bits per heavy atom. The van der Waals surface area contributed by atoms with Crippen molar-refractivity contribution in [2.45, 2.75) is 25.9 Å². The van der Waals surface area contributed by atoms with Gasteiger partial charge < -0.3 is 15.0 Å². The van der Waals surface area contributed by atoms with Crippen LogP contribution in [0.25, 0.3) is 22.0 Å². The fraction of sp³-hybridized carbons (Fsp3) is 0.192. The third-order valence-electron chi connectivity index (χ3n) is 5.39. The van der Waals surface area contributed by atoms with Crippen LogP contribution in [0.3, 0.4) is 0 Å². The predicted molar refractivity (Wildman–Crippen MR) is 125 cm³/mol. The lowest BCUT2D eigenvalue weighted by atomic mass is 9.98. The number of aliphatic hydroxyl groups is 1. The lowest BCUT2D eigenvalue weighted by Gasteiger charge is -2.19. The third kappa shape index (κ3) is 4.45. The maximum atomic E-state index is 13.5. The van der Waals surface area contributed by atoms with E-state index in [9.17, 15) is 14.7 Å². The van der Waals surface area contributed by atoms with E-state index in [0.717, 1.165) is 11.1 Å². The van der Waals surface area contributed by atoms with E-state index in [2.05, 4.69) is 10.3 Å². The lowest BCUT2D eigenvalue weighted by molar-refractivity contribution is 0.0941. The highest BCUT2D eigenvalue weighted by molar-refractivity contribution is 6.07. The summed E-state index contributed by atoms with van der Waals surface area (Å²) < 4.78 is 1.51. The quantitative estimate of drug-likeness (QED) is 0.419. The molecule has 0 fully saturated rings. The number of benzene rings is 2. The number of nitrogens with one attached hydrogen (secondary N) is 1. The molecular formula is C26H25N3O3. The van der Waals surface area contributed by atoms with E-state index in [1.807, 2.05) is 66.7 Å². The van der Waals surface area contributed by atoms with E-state index >= 15 is 0 Å². The first kappa shape index (κ1) is 21.5. The summed E-state index contributed by atoms with van der Waals surface area (Å²) in [5.74, 6) is -0.320. The molecule has 0 spiro atoms. The topological polar surface area (TPSA) is 84.2 Å². The van der Waals surface area contributed by atoms with Crippen molar-refractivity contribution < 1.29 is 9.90 Å². The van der Waals surface area contributed by atoms with E-state index < -0.39 is 0 Å². The van der Waals surface area contributed by atoms with E-state index in [-0.39, 0.29) is 18.1 Å². The van der Waals surface area contributed by atoms with Crippen LogP contribution in [0, 0.1) is 0 Å². The van der Waals surface area contributed by atoms with Crippen molar-refractivity contribution in [2.75, 3.05) is 6.61 Å². The number of hydrogen-bond donors (Lipinski definition) is 2. The zero-order valence-corrected chi connectivity index (χ0v) is 17.7. The Kier molecular flexibility index (Phi) is 6.72. The Balaban J connectivity index is 1.89. The normalized spacial score (nSPS) is 10.9. The summed E-state index contributed by atoms with van der Waals surface area (Å²) in [7, 11) is 0. The van der Waals surface area contributed by atoms with Crippen LogP contribution in [0.2, 0.25) is 0 Å². The van der Waals surface area contributed by atoms with E-state index in [4.69, 9.17) is 0 Å². The molecule has 2 aromatic heterocycles. The van der Waals surface area contributed by atoms with Crippen LogP contribution in [-0.2, 0) is 13.1 Å². The second-order valence-corrected chi connectivity index (χ2v) is 7.54. The minimum Gasteiger partial charge on any atom is -0.396 e. The minimum atomic E-state index is -0.320. The Labute approximate surface area is 186 Å². The highest BCUT2D eigenvalue weighted by Gasteiger charge is 2.23. The summed E-state index contributed by atoms with van der Waals surface area (Å²) in [6, 6.07) is 22.8. The smallest absolute Gasteiger partial charge is 0.277 e. The number of amides is 1. The average molecular weight is 428 g/mol. The number of unbranched alkanes of at least 4 members (excludes halogenated alkanes) is 1. The molecule has 0 aliphatic rings. The van der Waals surface area contributed by atoms with Crippen LogP contribution < -0.4 is 10.9 Å². The van der Waals surface area contributed by atoms with E-state index in [1.165, 1.54) is 4.57 Å². The second-order valence-electron chi connectivity index (χ2n) is 7.54. The summed E-state index contributed by atoms with van der Waals surface area (Å²) in [4.78, 5) is 31.2. The van der Waals surface area contributed by atoms with Gasteiger partial charge in [0.25, 0.3) is 11.5 Å². The first-order chi connectivity index (χ1) is 15.7. The maximum absolute atomic E-state index is 13.5. The molecule has 0 unspecified atom stereocenters.